The van der Waals surface area contributed by atoms with Gasteiger partial charge in [0.15, 0.2) is 5.82 Å². The number of anilines is 2. The molecule has 1 amide bonds. The number of pyridine rings is 1. The summed E-state index contributed by atoms with van der Waals surface area (Å²) < 4.78 is 4.89. The number of nitrogens with zero attached hydrogens (tertiary/aromatic N) is 5. The van der Waals surface area contributed by atoms with E-state index in [2.05, 4.69) is 37.3 Å². The lowest BCUT2D eigenvalue weighted by Crippen LogP contribution is -2.44. The minimum Gasteiger partial charge on any atom is -0.354 e. The van der Waals surface area contributed by atoms with Crippen LogP contribution in [-0.4, -0.2) is 64.9 Å². The number of carbonyl (C=O) groups excluding carboxylic acids is 1. The van der Waals surface area contributed by atoms with E-state index in [1.807, 2.05) is 12.1 Å². The molecule has 0 atom stereocenters. The lowest BCUT2D eigenvalue weighted by Gasteiger charge is -2.33. The fraction of sp³-hybridized carbons (Fsp3) is 0.500. The average Bonchev–Trinajstić information content (AvgIpc) is 3.02. The summed E-state index contributed by atoms with van der Waals surface area (Å²) in [6.45, 7) is 5.77. The van der Waals surface area contributed by atoms with Gasteiger partial charge in [-0.05, 0) is 19.2 Å². The molecule has 1 fully saturated rings. The Morgan fingerprint density at radius 3 is 2.76 bits per heavy atom. The highest BCUT2D eigenvalue weighted by Crippen LogP contribution is 2.16. The zero-order valence-corrected chi connectivity index (χ0v) is 15.3. The van der Waals surface area contributed by atoms with Crippen LogP contribution in [0, 0.1) is 6.92 Å². The standard InChI is InChI=1S/C16H22N6O2S/c1-12-18-14(20-24-12)10-25-11-16(23)19-13-3-4-15(17-9-13)22-7-5-21(2)6-8-22/h3-4,9H,5-8,10-11H2,1-2H3,(H,19,23). The number of thioether (sulfide) groups is 1. The third-order valence-corrected chi connectivity index (χ3v) is 4.82. The molecule has 1 saturated heterocycles. The predicted molar refractivity (Wildman–Crippen MR) is 97.8 cm³/mol. The van der Waals surface area contributed by atoms with Gasteiger partial charge >= 0.3 is 0 Å². The third kappa shape index (κ3) is 5.17. The molecule has 1 N–H and O–H groups in total. The molecule has 2 aromatic rings. The fourth-order valence-electron chi connectivity index (χ4n) is 2.51. The molecule has 3 rings (SSSR count). The molecule has 0 radical (unpaired) electrons. The minimum absolute atomic E-state index is 0.0700. The number of aromatic nitrogens is 3. The molecule has 0 saturated carbocycles. The smallest absolute Gasteiger partial charge is 0.234 e. The van der Waals surface area contributed by atoms with Gasteiger partial charge in [-0.2, -0.15) is 4.98 Å². The van der Waals surface area contributed by atoms with Crippen LogP contribution in [0.1, 0.15) is 11.7 Å². The topological polar surface area (TPSA) is 87.4 Å². The molecular formula is C16H22N6O2S. The number of rotatable bonds is 6. The van der Waals surface area contributed by atoms with Gasteiger partial charge in [-0.15, -0.1) is 11.8 Å². The first-order valence-corrected chi connectivity index (χ1v) is 9.32. The van der Waals surface area contributed by atoms with Crippen molar-refractivity contribution in [1.29, 1.82) is 0 Å². The molecule has 2 aromatic heterocycles. The van der Waals surface area contributed by atoms with Gasteiger partial charge < -0.3 is 19.6 Å². The minimum atomic E-state index is -0.0700. The van der Waals surface area contributed by atoms with Crippen LogP contribution >= 0.6 is 11.8 Å². The van der Waals surface area contributed by atoms with Gasteiger partial charge in [-0.3, -0.25) is 4.79 Å². The van der Waals surface area contributed by atoms with E-state index in [-0.39, 0.29) is 5.91 Å². The van der Waals surface area contributed by atoms with Crippen molar-refractivity contribution < 1.29 is 9.32 Å². The number of carbonyl (C=O) groups is 1. The molecule has 0 spiro atoms. The van der Waals surface area contributed by atoms with Gasteiger partial charge in [0.1, 0.15) is 5.82 Å². The molecule has 0 unspecified atom stereocenters. The average molecular weight is 362 g/mol. The number of piperazine rings is 1. The molecule has 25 heavy (non-hydrogen) atoms. The summed E-state index contributed by atoms with van der Waals surface area (Å²) in [4.78, 5) is 25.1. The van der Waals surface area contributed by atoms with Gasteiger partial charge in [0.05, 0.1) is 23.4 Å². The molecule has 9 heteroatoms. The van der Waals surface area contributed by atoms with Crippen LogP contribution in [0.4, 0.5) is 11.5 Å². The van der Waals surface area contributed by atoms with Crippen molar-refractivity contribution in [2.24, 2.45) is 0 Å². The van der Waals surface area contributed by atoms with E-state index < -0.39 is 0 Å². The molecule has 134 valence electrons. The van der Waals surface area contributed by atoms with E-state index in [0.29, 0.717) is 28.9 Å². The first-order chi connectivity index (χ1) is 12.1. The van der Waals surface area contributed by atoms with Crippen molar-refractivity contribution in [2.75, 3.05) is 49.2 Å². The predicted octanol–water partition coefficient (Wildman–Crippen LogP) is 1.40. The van der Waals surface area contributed by atoms with Crippen LogP contribution < -0.4 is 10.2 Å². The zero-order valence-electron chi connectivity index (χ0n) is 14.4. The molecular weight excluding hydrogens is 340 g/mol. The SMILES string of the molecule is Cc1nc(CSCC(=O)Nc2ccc(N3CCN(C)CC3)nc2)no1. The van der Waals surface area contributed by atoms with Crippen LogP contribution in [0.2, 0.25) is 0 Å². The molecule has 1 aliphatic heterocycles. The summed E-state index contributed by atoms with van der Waals surface area (Å²) in [5, 5.41) is 6.66. The van der Waals surface area contributed by atoms with Crippen molar-refractivity contribution in [3.63, 3.8) is 0 Å². The zero-order chi connectivity index (χ0) is 17.6. The Kier molecular flexibility index (Phi) is 5.87. The van der Waals surface area contributed by atoms with Crippen molar-refractivity contribution in [2.45, 2.75) is 12.7 Å². The summed E-state index contributed by atoms with van der Waals surface area (Å²) in [5.41, 5.74) is 0.707. The summed E-state index contributed by atoms with van der Waals surface area (Å²) in [6, 6.07) is 3.85. The highest BCUT2D eigenvalue weighted by Gasteiger charge is 2.15. The number of nitrogens with one attached hydrogen (secondary N) is 1. The second-order valence-corrected chi connectivity index (χ2v) is 6.95. The Hall–Kier alpha value is -2.13. The fourth-order valence-corrected chi connectivity index (χ4v) is 3.17. The first kappa shape index (κ1) is 17.7. The number of hydrogen-bond donors (Lipinski definition) is 1. The third-order valence-electron chi connectivity index (χ3n) is 3.89. The van der Waals surface area contributed by atoms with Gasteiger partial charge in [-0.25, -0.2) is 4.98 Å². The normalized spacial score (nSPS) is 15.4. The van der Waals surface area contributed by atoms with Crippen molar-refractivity contribution >= 4 is 29.2 Å². The Balaban J connectivity index is 1.43. The van der Waals surface area contributed by atoms with Crippen molar-refractivity contribution in [3.05, 3.63) is 30.0 Å². The summed E-state index contributed by atoms with van der Waals surface area (Å²) in [5.74, 6) is 2.89. The second-order valence-electron chi connectivity index (χ2n) is 5.97. The Morgan fingerprint density at radius 1 is 1.32 bits per heavy atom. The quantitative estimate of drug-likeness (QED) is 0.825. The Bertz CT molecular complexity index is 697. The molecule has 1 aliphatic rings. The monoisotopic (exact) mass is 362 g/mol. The number of amides is 1. The van der Waals surface area contributed by atoms with E-state index in [4.69, 9.17) is 4.52 Å². The largest absolute Gasteiger partial charge is 0.354 e. The van der Waals surface area contributed by atoms with Gasteiger partial charge in [0.2, 0.25) is 11.8 Å². The maximum atomic E-state index is 12.0. The van der Waals surface area contributed by atoms with Crippen LogP contribution in [0.25, 0.3) is 0 Å². The maximum Gasteiger partial charge on any atom is 0.234 e. The van der Waals surface area contributed by atoms with E-state index in [1.165, 1.54) is 11.8 Å². The molecule has 8 nitrogen and oxygen atoms in total. The lowest BCUT2D eigenvalue weighted by molar-refractivity contribution is -0.113. The van der Waals surface area contributed by atoms with Gasteiger partial charge in [0, 0.05) is 33.1 Å². The Labute approximate surface area is 151 Å². The summed E-state index contributed by atoms with van der Waals surface area (Å²) in [7, 11) is 2.13. The maximum absolute atomic E-state index is 12.0. The molecule has 3 heterocycles. The highest BCUT2D eigenvalue weighted by molar-refractivity contribution is 7.99. The molecule has 0 aliphatic carbocycles. The van der Waals surface area contributed by atoms with E-state index in [1.54, 1.807) is 13.1 Å². The van der Waals surface area contributed by atoms with Crippen molar-refractivity contribution in [3.8, 4) is 0 Å². The van der Waals surface area contributed by atoms with E-state index >= 15 is 0 Å². The summed E-state index contributed by atoms with van der Waals surface area (Å²) >= 11 is 1.44. The number of hydrogen-bond acceptors (Lipinski definition) is 8. The van der Waals surface area contributed by atoms with Crippen LogP contribution in [-0.2, 0) is 10.5 Å². The molecule has 0 aromatic carbocycles. The Morgan fingerprint density at radius 2 is 2.12 bits per heavy atom. The molecule has 0 bridgehead atoms. The number of aryl methyl sites for hydroxylation is 1. The second kappa shape index (κ2) is 8.30. The van der Waals surface area contributed by atoms with E-state index in [0.717, 1.165) is 32.0 Å². The van der Waals surface area contributed by atoms with Crippen LogP contribution in [0.3, 0.4) is 0 Å². The van der Waals surface area contributed by atoms with E-state index in [9.17, 15) is 4.79 Å². The number of likely N-dealkylation sites (N-methyl/N-ethyl adjacent to an activating group) is 1. The van der Waals surface area contributed by atoms with Crippen LogP contribution in [0.15, 0.2) is 22.9 Å². The highest BCUT2D eigenvalue weighted by atomic mass is 32.2. The van der Waals surface area contributed by atoms with Gasteiger partial charge in [0.25, 0.3) is 0 Å². The van der Waals surface area contributed by atoms with Gasteiger partial charge in [-0.1, -0.05) is 5.16 Å². The first-order valence-electron chi connectivity index (χ1n) is 8.16. The summed E-state index contributed by atoms with van der Waals surface area (Å²) in [6.07, 6.45) is 1.71. The lowest BCUT2D eigenvalue weighted by atomic mass is 10.3. The van der Waals surface area contributed by atoms with Crippen molar-refractivity contribution in [1.82, 2.24) is 20.0 Å². The van der Waals surface area contributed by atoms with Crippen LogP contribution in [0.5, 0.6) is 0 Å².